The van der Waals surface area contributed by atoms with Crippen molar-refractivity contribution in [3.05, 3.63) is 29.8 Å². The second-order valence-electron chi connectivity index (χ2n) is 5.17. The molecule has 106 valence electrons. The fraction of sp³-hybridized carbons (Fsp3) is 0.625. The average Bonchev–Trinajstić information content (AvgIpc) is 2.48. The minimum absolute atomic E-state index is 0.226. The molecule has 3 heteroatoms. The standard InChI is InChI=1S/C16H25NO2/c1-3-10-17-12-14-5-4-11-19-16(14)13-6-8-15(18-2)9-7-13/h6-9,14,16-17H,3-5,10-12H2,1-2H3. The third-order valence-electron chi connectivity index (χ3n) is 3.72. The van der Waals surface area contributed by atoms with Gasteiger partial charge in [-0.15, -0.1) is 0 Å². The Morgan fingerprint density at radius 1 is 1.32 bits per heavy atom. The Bertz CT molecular complexity index is 364. The van der Waals surface area contributed by atoms with Gasteiger partial charge in [0.15, 0.2) is 0 Å². The van der Waals surface area contributed by atoms with Gasteiger partial charge < -0.3 is 14.8 Å². The van der Waals surface area contributed by atoms with Crippen molar-refractivity contribution in [2.75, 3.05) is 26.8 Å². The number of hydrogen-bond donors (Lipinski definition) is 1. The van der Waals surface area contributed by atoms with Crippen LogP contribution in [0.1, 0.15) is 37.9 Å². The van der Waals surface area contributed by atoms with Crippen LogP contribution in [0.4, 0.5) is 0 Å². The lowest BCUT2D eigenvalue weighted by Gasteiger charge is -2.32. The molecule has 0 aliphatic carbocycles. The summed E-state index contributed by atoms with van der Waals surface area (Å²) in [5.74, 6) is 1.48. The molecule has 2 atom stereocenters. The highest BCUT2D eigenvalue weighted by Crippen LogP contribution is 2.33. The van der Waals surface area contributed by atoms with E-state index in [1.807, 2.05) is 12.1 Å². The summed E-state index contributed by atoms with van der Waals surface area (Å²) in [6.45, 7) is 5.21. The number of hydrogen-bond acceptors (Lipinski definition) is 3. The van der Waals surface area contributed by atoms with Crippen molar-refractivity contribution < 1.29 is 9.47 Å². The van der Waals surface area contributed by atoms with Crippen molar-refractivity contribution in [3.8, 4) is 5.75 Å². The first-order chi connectivity index (χ1) is 9.35. The molecular formula is C16H25NO2. The maximum atomic E-state index is 6.00. The van der Waals surface area contributed by atoms with E-state index < -0.39 is 0 Å². The fourth-order valence-electron chi connectivity index (χ4n) is 2.68. The average molecular weight is 263 g/mol. The molecule has 0 bridgehead atoms. The van der Waals surface area contributed by atoms with E-state index in [9.17, 15) is 0 Å². The van der Waals surface area contributed by atoms with Gasteiger partial charge in [0.05, 0.1) is 13.2 Å². The zero-order valence-electron chi connectivity index (χ0n) is 12.0. The lowest BCUT2D eigenvalue weighted by Crippen LogP contribution is -2.32. The first kappa shape index (κ1) is 14.4. The van der Waals surface area contributed by atoms with Crippen LogP contribution in [-0.4, -0.2) is 26.8 Å². The second kappa shape index (κ2) is 7.51. The molecular weight excluding hydrogens is 238 g/mol. The summed E-state index contributed by atoms with van der Waals surface area (Å²) in [5, 5.41) is 3.52. The third-order valence-corrected chi connectivity index (χ3v) is 3.72. The van der Waals surface area contributed by atoms with E-state index in [1.54, 1.807) is 7.11 Å². The van der Waals surface area contributed by atoms with Gasteiger partial charge in [0, 0.05) is 19.1 Å². The first-order valence-corrected chi connectivity index (χ1v) is 7.31. The zero-order chi connectivity index (χ0) is 13.5. The normalized spacial score (nSPS) is 23.3. The molecule has 0 radical (unpaired) electrons. The van der Waals surface area contributed by atoms with E-state index in [0.29, 0.717) is 5.92 Å². The van der Waals surface area contributed by atoms with Crippen LogP contribution in [0.2, 0.25) is 0 Å². The largest absolute Gasteiger partial charge is 0.497 e. The van der Waals surface area contributed by atoms with Crippen molar-refractivity contribution >= 4 is 0 Å². The maximum absolute atomic E-state index is 6.00. The van der Waals surface area contributed by atoms with E-state index in [4.69, 9.17) is 9.47 Å². The number of methoxy groups -OCH3 is 1. The molecule has 0 aromatic heterocycles. The smallest absolute Gasteiger partial charge is 0.118 e. The molecule has 1 aliphatic heterocycles. The van der Waals surface area contributed by atoms with Crippen LogP contribution in [0.25, 0.3) is 0 Å². The van der Waals surface area contributed by atoms with Crippen molar-refractivity contribution in [3.63, 3.8) is 0 Å². The molecule has 1 N–H and O–H groups in total. The topological polar surface area (TPSA) is 30.5 Å². The molecule has 1 aliphatic rings. The minimum atomic E-state index is 0.226. The van der Waals surface area contributed by atoms with Gasteiger partial charge >= 0.3 is 0 Å². The van der Waals surface area contributed by atoms with Crippen LogP contribution in [0.5, 0.6) is 5.75 Å². The third kappa shape index (κ3) is 3.95. The van der Waals surface area contributed by atoms with Crippen LogP contribution >= 0.6 is 0 Å². The monoisotopic (exact) mass is 263 g/mol. The van der Waals surface area contributed by atoms with Gasteiger partial charge in [0.25, 0.3) is 0 Å². The van der Waals surface area contributed by atoms with Gasteiger partial charge in [0.1, 0.15) is 5.75 Å². The predicted molar refractivity (Wildman–Crippen MR) is 77.6 cm³/mol. The van der Waals surface area contributed by atoms with Gasteiger partial charge in [-0.05, 0) is 43.5 Å². The molecule has 1 aromatic carbocycles. The van der Waals surface area contributed by atoms with Gasteiger partial charge in [-0.25, -0.2) is 0 Å². The second-order valence-corrected chi connectivity index (χ2v) is 5.17. The van der Waals surface area contributed by atoms with E-state index >= 15 is 0 Å². The van der Waals surface area contributed by atoms with Gasteiger partial charge in [0.2, 0.25) is 0 Å². The molecule has 0 amide bonds. The molecule has 1 saturated heterocycles. The van der Waals surface area contributed by atoms with Crippen molar-refractivity contribution in [1.82, 2.24) is 5.32 Å². The quantitative estimate of drug-likeness (QED) is 0.800. The first-order valence-electron chi connectivity index (χ1n) is 7.31. The highest BCUT2D eigenvalue weighted by atomic mass is 16.5. The van der Waals surface area contributed by atoms with Gasteiger partial charge in [-0.2, -0.15) is 0 Å². The molecule has 1 heterocycles. The lowest BCUT2D eigenvalue weighted by atomic mass is 9.89. The lowest BCUT2D eigenvalue weighted by molar-refractivity contribution is -0.0277. The Hall–Kier alpha value is -1.06. The highest BCUT2D eigenvalue weighted by Gasteiger charge is 2.26. The predicted octanol–water partition coefficient (Wildman–Crippen LogP) is 3.16. The van der Waals surface area contributed by atoms with E-state index in [2.05, 4.69) is 24.4 Å². The summed E-state index contributed by atoms with van der Waals surface area (Å²) in [4.78, 5) is 0. The number of ether oxygens (including phenoxy) is 2. The highest BCUT2D eigenvalue weighted by molar-refractivity contribution is 5.29. The van der Waals surface area contributed by atoms with E-state index in [0.717, 1.165) is 25.4 Å². The Kier molecular flexibility index (Phi) is 5.67. The summed E-state index contributed by atoms with van der Waals surface area (Å²) in [6, 6.07) is 8.29. The molecule has 0 spiro atoms. The summed E-state index contributed by atoms with van der Waals surface area (Å²) < 4.78 is 11.2. The van der Waals surface area contributed by atoms with Crippen molar-refractivity contribution in [2.24, 2.45) is 5.92 Å². The Morgan fingerprint density at radius 3 is 2.79 bits per heavy atom. The number of rotatable bonds is 6. The zero-order valence-corrected chi connectivity index (χ0v) is 12.0. The maximum Gasteiger partial charge on any atom is 0.118 e. The van der Waals surface area contributed by atoms with Gasteiger partial charge in [-0.1, -0.05) is 19.1 Å². The number of nitrogens with one attached hydrogen (secondary N) is 1. The number of benzene rings is 1. The Labute approximate surface area is 116 Å². The van der Waals surface area contributed by atoms with Crippen LogP contribution in [0.15, 0.2) is 24.3 Å². The molecule has 3 nitrogen and oxygen atoms in total. The van der Waals surface area contributed by atoms with Crippen LogP contribution in [-0.2, 0) is 4.74 Å². The van der Waals surface area contributed by atoms with Crippen LogP contribution < -0.4 is 10.1 Å². The fourth-order valence-corrected chi connectivity index (χ4v) is 2.68. The Morgan fingerprint density at radius 2 is 2.11 bits per heavy atom. The SMILES string of the molecule is CCCNCC1CCCOC1c1ccc(OC)cc1. The minimum Gasteiger partial charge on any atom is -0.497 e. The molecule has 1 aromatic rings. The molecule has 19 heavy (non-hydrogen) atoms. The van der Waals surface area contributed by atoms with Crippen molar-refractivity contribution in [2.45, 2.75) is 32.3 Å². The van der Waals surface area contributed by atoms with E-state index in [1.165, 1.54) is 24.8 Å². The van der Waals surface area contributed by atoms with Crippen LogP contribution in [0, 0.1) is 5.92 Å². The van der Waals surface area contributed by atoms with Crippen LogP contribution in [0.3, 0.4) is 0 Å². The van der Waals surface area contributed by atoms with Gasteiger partial charge in [-0.3, -0.25) is 0 Å². The molecule has 2 rings (SSSR count). The summed E-state index contributed by atoms with van der Waals surface area (Å²) in [5.41, 5.74) is 1.27. The van der Waals surface area contributed by atoms with Crippen molar-refractivity contribution in [1.29, 1.82) is 0 Å². The molecule has 1 fully saturated rings. The summed E-state index contributed by atoms with van der Waals surface area (Å²) in [6.07, 6.45) is 3.82. The summed E-state index contributed by atoms with van der Waals surface area (Å²) >= 11 is 0. The molecule has 2 unspecified atom stereocenters. The van der Waals surface area contributed by atoms with E-state index in [-0.39, 0.29) is 6.10 Å². The summed E-state index contributed by atoms with van der Waals surface area (Å²) in [7, 11) is 1.70. The molecule has 0 saturated carbocycles. The Balaban J connectivity index is 2.00.